The summed E-state index contributed by atoms with van der Waals surface area (Å²) in [4.78, 5) is 19.0. The lowest BCUT2D eigenvalue weighted by Crippen LogP contribution is -2.19. The second-order valence-corrected chi connectivity index (χ2v) is 5.04. The molecule has 0 spiro atoms. The van der Waals surface area contributed by atoms with Gasteiger partial charge >= 0.3 is 0 Å². The smallest absolute Gasteiger partial charge is 0.189 e. The zero-order chi connectivity index (χ0) is 15.4. The fourth-order valence-corrected chi connectivity index (χ4v) is 2.31. The number of rotatable bonds is 6. The van der Waals surface area contributed by atoms with E-state index in [1.54, 1.807) is 17.1 Å². The van der Waals surface area contributed by atoms with Crippen molar-refractivity contribution in [2.24, 2.45) is 0 Å². The summed E-state index contributed by atoms with van der Waals surface area (Å²) in [6, 6.07) is 5.68. The number of hydrogen-bond acceptors (Lipinski definition) is 4. The van der Waals surface area contributed by atoms with Crippen LogP contribution in [0.1, 0.15) is 12.1 Å². The van der Waals surface area contributed by atoms with Gasteiger partial charge in [0.1, 0.15) is 18.5 Å². The molecular formula is C15H16FN5O. The van der Waals surface area contributed by atoms with Crippen LogP contribution in [0.15, 0.2) is 41.7 Å². The monoisotopic (exact) mass is 301 g/mol. The van der Waals surface area contributed by atoms with Gasteiger partial charge in [-0.05, 0) is 31.2 Å². The van der Waals surface area contributed by atoms with Crippen LogP contribution < -0.4 is 10.7 Å². The number of aromatic nitrogens is 4. The molecular weight excluding hydrogens is 285 g/mol. The normalized spacial score (nSPS) is 11.1. The predicted octanol–water partition coefficient (Wildman–Crippen LogP) is 1.44. The van der Waals surface area contributed by atoms with Gasteiger partial charge in [-0.25, -0.2) is 9.37 Å². The minimum atomic E-state index is -0.406. The molecule has 2 heterocycles. The molecule has 2 N–H and O–H groups in total. The van der Waals surface area contributed by atoms with Crippen molar-refractivity contribution in [3.63, 3.8) is 0 Å². The largest absolute Gasteiger partial charge is 0.357 e. The molecule has 0 aliphatic carbocycles. The number of aromatic amines is 1. The average molecular weight is 301 g/mol. The second-order valence-electron chi connectivity index (χ2n) is 5.04. The standard InChI is InChI=1S/C15H16FN5O/c16-11-2-3-14-13(6-11)15(22)7-12(20-14)8-17-4-1-5-21-10-18-9-19-21/h2-3,6-7,9-10,17H,1,4-5,8H2,(H,20,22). The van der Waals surface area contributed by atoms with Gasteiger partial charge in [0.2, 0.25) is 0 Å². The van der Waals surface area contributed by atoms with Crippen LogP contribution in [0.4, 0.5) is 4.39 Å². The Morgan fingerprint density at radius 1 is 1.32 bits per heavy atom. The van der Waals surface area contributed by atoms with E-state index in [9.17, 15) is 9.18 Å². The fraction of sp³-hybridized carbons (Fsp3) is 0.267. The van der Waals surface area contributed by atoms with E-state index in [1.807, 2.05) is 0 Å². The summed E-state index contributed by atoms with van der Waals surface area (Å²) >= 11 is 0. The molecule has 0 fully saturated rings. The second kappa shape index (κ2) is 6.48. The summed E-state index contributed by atoms with van der Waals surface area (Å²) in [6.07, 6.45) is 4.10. The number of fused-ring (bicyclic) bond motifs is 1. The first-order valence-corrected chi connectivity index (χ1v) is 7.07. The maximum absolute atomic E-state index is 13.1. The maximum Gasteiger partial charge on any atom is 0.189 e. The van der Waals surface area contributed by atoms with Crippen molar-refractivity contribution in [1.82, 2.24) is 25.1 Å². The van der Waals surface area contributed by atoms with Gasteiger partial charge in [0.15, 0.2) is 5.43 Å². The minimum Gasteiger partial charge on any atom is -0.357 e. The molecule has 0 saturated heterocycles. The highest BCUT2D eigenvalue weighted by Gasteiger charge is 2.03. The number of halogens is 1. The number of aryl methyl sites for hydroxylation is 1. The number of H-pyrrole nitrogens is 1. The first-order chi connectivity index (χ1) is 10.7. The van der Waals surface area contributed by atoms with E-state index in [4.69, 9.17) is 0 Å². The van der Waals surface area contributed by atoms with Crippen molar-refractivity contribution in [2.75, 3.05) is 6.54 Å². The third-order valence-electron chi connectivity index (χ3n) is 3.37. The summed E-state index contributed by atoms with van der Waals surface area (Å²) in [5.41, 5.74) is 1.26. The molecule has 1 aromatic carbocycles. The lowest BCUT2D eigenvalue weighted by atomic mass is 10.2. The van der Waals surface area contributed by atoms with Crippen LogP contribution in [-0.2, 0) is 13.1 Å². The quantitative estimate of drug-likeness (QED) is 0.676. The highest BCUT2D eigenvalue weighted by Crippen LogP contribution is 2.10. The third-order valence-corrected chi connectivity index (χ3v) is 3.37. The molecule has 0 amide bonds. The highest BCUT2D eigenvalue weighted by atomic mass is 19.1. The van der Waals surface area contributed by atoms with Crippen LogP contribution in [0, 0.1) is 5.82 Å². The zero-order valence-corrected chi connectivity index (χ0v) is 11.9. The van der Waals surface area contributed by atoms with E-state index < -0.39 is 5.82 Å². The van der Waals surface area contributed by atoms with Crippen LogP contribution >= 0.6 is 0 Å². The van der Waals surface area contributed by atoms with Crippen molar-refractivity contribution in [3.05, 3.63) is 58.7 Å². The number of hydrogen-bond donors (Lipinski definition) is 2. The number of benzene rings is 1. The lowest BCUT2D eigenvalue weighted by molar-refractivity contribution is 0.540. The van der Waals surface area contributed by atoms with Crippen molar-refractivity contribution < 1.29 is 4.39 Å². The van der Waals surface area contributed by atoms with E-state index in [0.717, 1.165) is 25.2 Å². The van der Waals surface area contributed by atoms with Gasteiger partial charge in [0.25, 0.3) is 0 Å². The van der Waals surface area contributed by atoms with Gasteiger partial charge in [0.05, 0.1) is 0 Å². The summed E-state index contributed by atoms with van der Waals surface area (Å²) < 4.78 is 14.9. The van der Waals surface area contributed by atoms with Crippen LogP contribution in [0.25, 0.3) is 10.9 Å². The summed E-state index contributed by atoms with van der Waals surface area (Å²) in [5.74, 6) is -0.406. The van der Waals surface area contributed by atoms with Crippen LogP contribution in [0.5, 0.6) is 0 Å². The Hall–Kier alpha value is -2.54. The first kappa shape index (κ1) is 14.4. The Balaban J connectivity index is 1.57. The Bertz CT molecular complexity index is 812. The van der Waals surface area contributed by atoms with Crippen molar-refractivity contribution >= 4 is 10.9 Å². The van der Waals surface area contributed by atoms with Crippen LogP contribution in [0.2, 0.25) is 0 Å². The molecule has 0 atom stereocenters. The molecule has 2 aromatic heterocycles. The fourth-order valence-electron chi connectivity index (χ4n) is 2.31. The molecule has 22 heavy (non-hydrogen) atoms. The molecule has 6 nitrogen and oxygen atoms in total. The lowest BCUT2D eigenvalue weighted by Gasteiger charge is -2.07. The van der Waals surface area contributed by atoms with E-state index >= 15 is 0 Å². The number of nitrogens with one attached hydrogen (secondary N) is 2. The molecule has 0 aliphatic rings. The highest BCUT2D eigenvalue weighted by molar-refractivity contribution is 5.78. The van der Waals surface area contributed by atoms with Gasteiger partial charge in [0, 0.05) is 35.8 Å². The summed E-state index contributed by atoms with van der Waals surface area (Å²) in [6.45, 7) is 2.14. The predicted molar refractivity (Wildman–Crippen MR) is 80.9 cm³/mol. The minimum absolute atomic E-state index is 0.173. The molecule has 0 bridgehead atoms. The summed E-state index contributed by atoms with van der Waals surface area (Å²) in [7, 11) is 0. The van der Waals surface area contributed by atoms with Crippen molar-refractivity contribution in [3.8, 4) is 0 Å². The zero-order valence-electron chi connectivity index (χ0n) is 11.9. The van der Waals surface area contributed by atoms with Crippen molar-refractivity contribution in [1.29, 1.82) is 0 Å². The Morgan fingerprint density at radius 3 is 3.05 bits per heavy atom. The molecule has 0 radical (unpaired) electrons. The van der Waals surface area contributed by atoms with Gasteiger partial charge in [-0.15, -0.1) is 0 Å². The molecule has 0 unspecified atom stereocenters. The first-order valence-electron chi connectivity index (χ1n) is 7.07. The third kappa shape index (κ3) is 3.37. The summed E-state index contributed by atoms with van der Waals surface area (Å²) in [5, 5.41) is 7.66. The Kier molecular flexibility index (Phi) is 4.24. The number of nitrogens with zero attached hydrogens (tertiary/aromatic N) is 3. The van der Waals surface area contributed by atoms with E-state index in [2.05, 4.69) is 20.4 Å². The average Bonchev–Trinajstić information content (AvgIpc) is 3.01. The molecule has 0 saturated carbocycles. The van der Waals surface area contributed by atoms with Gasteiger partial charge in [-0.1, -0.05) is 0 Å². The van der Waals surface area contributed by atoms with E-state index in [0.29, 0.717) is 17.4 Å². The Labute approximate surface area is 126 Å². The molecule has 3 rings (SSSR count). The maximum atomic E-state index is 13.1. The van der Waals surface area contributed by atoms with E-state index in [1.165, 1.54) is 24.5 Å². The van der Waals surface area contributed by atoms with Gasteiger partial charge < -0.3 is 10.3 Å². The van der Waals surface area contributed by atoms with Crippen LogP contribution in [-0.4, -0.2) is 26.3 Å². The van der Waals surface area contributed by atoms with Crippen molar-refractivity contribution in [2.45, 2.75) is 19.5 Å². The molecule has 0 aliphatic heterocycles. The van der Waals surface area contributed by atoms with Gasteiger partial charge in [-0.2, -0.15) is 5.10 Å². The molecule has 3 aromatic rings. The topological polar surface area (TPSA) is 75.6 Å². The number of pyridine rings is 1. The molecule has 7 heteroatoms. The van der Waals surface area contributed by atoms with E-state index in [-0.39, 0.29) is 5.43 Å². The SMILES string of the molecule is O=c1cc(CNCCCn2cncn2)[nH]c2ccc(F)cc12. The van der Waals surface area contributed by atoms with Crippen LogP contribution in [0.3, 0.4) is 0 Å². The Morgan fingerprint density at radius 2 is 2.23 bits per heavy atom. The molecule has 114 valence electrons. The van der Waals surface area contributed by atoms with Gasteiger partial charge in [-0.3, -0.25) is 9.48 Å².